The van der Waals surface area contributed by atoms with E-state index in [2.05, 4.69) is 4.74 Å². The Kier molecular flexibility index (Phi) is 5.65. The molecule has 2 nitrogen and oxygen atoms in total. The van der Waals surface area contributed by atoms with E-state index in [4.69, 9.17) is 5.73 Å². The largest absolute Gasteiger partial charge is 0.461 e. The number of halogens is 5. The summed E-state index contributed by atoms with van der Waals surface area (Å²) < 4.78 is 54.3. The highest BCUT2D eigenvalue weighted by Gasteiger charge is 2.44. The summed E-state index contributed by atoms with van der Waals surface area (Å²) in [6, 6.07) is 5.36. The van der Waals surface area contributed by atoms with Gasteiger partial charge in [-0.2, -0.15) is 17.6 Å². The number of rotatable bonds is 6. The number of hydrogen-bond donors (Lipinski definition) is 1. The summed E-state index contributed by atoms with van der Waals surface area (Å²) in [5.41, 5.74) is 6.26. The van der Waals surface area contributed by atoms with Crippen molar-refractivity contribution in [1.82, 2.24) is 0 Å². The fourth-order valence-electron chi connectivity index (χ4n) is 1.91. The Morgan fingerprint density at radius 2 is 1.85 bits per heavy atom. The molecule has 1 aliphatic carbocycles. The number of nitrogens with two attached hydrogens (primary N) is 1. The average Bonchev–Trinajstić information content (AvgIpc) is 3.12. The normalized spacial score (nSPS) is 16.7. The maximum absolute atomic E-state index is 12.9. The van der Waals surface area contributed by atoms with Gasteiger partial charge in [-0.25, -0.2) is 0 Å². The van der Waals surface area contributed by atoms with Gasteiger partial charge < -0.3 is 10.5 Å². The first-order valence-electron chi connectivity index (χ1n) is 6.09. The lowest BCUT2D eigenvalue weighted by Crippen LogP contribution is -2.34. The highest BCUT2D eigenvalue weighted by molar-refractivity contribution is 5.85. The Hall–Kier alpha value is -1.01. The fourth-order valence-corrected chi connectivity index (χ4v) is 1.91. The van der Waals surface area contributed by atoms with Crippen LogP contribution in [0.25, 0.3) is 0 Å². The minimum Gasteiger partial charge on any atom is -0.428 e. The summed E-state index contributed by atoms with van der Waals surface area (Å²) in [7, 11) is 0. The minimum absolute atomic E-state index is 0. The minimum atomic E-state index is -4.50. The zero-order valence-electron chi connectivity index (χ0n) is 10.6. The molecule has 1 aromatic carbocycles. The molecular formula is C13H16ClF4NO. The predicted molar refractivity (Wildman–Crippen MR) is 69.5 cm³/mol. The quantitative estimate of drug-likeness (QED) is 0.801. The van der Waals surface area contributed by atoms with Gasteiger partial charge in [0.15, 0.2) is 0 Å². The van der Waals surface area contributed by atoms with Crippen LogP contribution in [0.15, 0.2) is 24.3 Å². The van der Waals surface area contributed by atoms with Crippen molar-refractivity contribution in [3.63, 3.8) is 0 Å². The van der Waals surface area contributed by atoms with Gasteiger partial charge in [-0.15, -0.1) is 12.4 Å². The standard InChI is InChI=1S/C13H15F4NO.ClH/c14-12(15)13(16,17)19-11-4-2-1-3-9(11)10(18)7-8-5-6-8;/h1-4,8,10,12H,5-7,18H2;1H/t10-;/m1./s1. The predicted octanol–water partition coefficient (Wildman–Crippen LogP) is 4.15. The van der Waals surface area contributed by atoms with E-state index in [1.165, 1.54) is 18.2 Å². The third-order valence-electron chi connectivity index (χ3n) is 3.10. The number of ether oxygens (including phenoxy) is 1. The fraction of sp³-hybridized carbons (Fsp3) is 0.538. The van der Waals surface area contributed by atoms with Gasteiger partial charge in [0, 0.05) is 11.6 Å². The van der Waals surface area contributed by atoms with Crippen molar-refractivity contribution in [2.45, 2.75) is 37.8 Å². The maximum Gasteiger partial charge on any atom is 0.461 e. The smallest absolute Gasteiger partial charge is 0.428 e. The molecule has 0 saturated heterocycles. The van der Waals surface area contributed by atoms with Crippen LogP contribution < -0.4 is 10.5 Å². The Labute approximate surface area is 120 Å². The van der Waals surface area contributed by atoms with Gasteiger partial charge >= 0.3 is 12.5 Å². The summed E-state index contributed by atoms with van der Waals surface area (Å²) in [5.74, 6) is 0.222. The summed E-state index contributed by atoms with van der Waals surface area (Å²) in [6.07, 6.45) is -5.58. The molecule has 0 unspecified atom stereocenters. The van der Waals surface area contributed by atoms with Crippen LogP contribution in [0.5, 0.6) is 5.75 Å². The molecule has 7 heteroatoms. The lowest BCUT2D eigenvalue weighted by molar-refractivity contribution is -0.253. The van der Waals surface area contributed by atoms with Gasteiger partial charge in [0.25, 0.3) is 0 Å². The second-order valence-electron chi connectivity index (χ2n) is 4.79. The molecule has 1 aliphatic rings. The van der Waals surface area contributed by atoms with E-state index in [1.54, 1.807) is 6.07 Å². The van der Waals surface area contributed by atoms with Crippen molar-refractivity contribution in [1.29, 1.82) is 0 Å². The molecule has 0 radical (unpaired) electrons. The zero-order valence-corrected chi connectivity index (χ0v) is 11.4. The van der Waals surface area contributed by atoms with E-state index < -0.39 is 18.6 Å². The van der Waals surface area contributed by atoms with Crippen LogP contribution in [-0.4, -0.2) is 12.5 Å². The van der Waals surface area contributed by atoms with Crippen LogP contribution in [0.2, 0.25) is 0 Å². The molecule has 0 amide bonds. The Morgan fingerprint density at radius 1 is 1.25 bits per heavy atom. The lowest BCUT2D eigenvalue weighted by atomic mass is 10.0. The number of hydrogen-bond acceptors (Lipinski definition) is 2. The highest BCUT2D eigenvalue weighted by atomic mass is 35.5. The van der Waals surface area contributed by atoms with Crippen LogP contribution in [0.4, 0.5) is 17.6 Å². The number of benzene rings is 1. The molecular weight excluding hydrogens is 298 g/mol. The molecule has 0 heterocycles. The van der Waals surface area contributed by atoms with Gasteiger partial charge in [0.05, 0.1) is 0 Å². The van der Waals surface area contributed by atoms with E-state index in [9.17, 15) is 17.6 Å². The summed E-state index contributed by atoms with van der Waals surface area (Å²) >= 11 is 0. The molecule has 1 aromatic rings. The molecule has 0 bridgehead atoms. The monoisotopic (exact) mass is 313 g/mol. The molecule has 20 heavy (non-hydrogen) atoms. The van der Waals surface area contributed by atoms with Crippen LogP contribution in [0.3, 0.4) is 0 Å². The lowest BCUT2D eigenvalue weighted by Gasteiger charge is -2.21. The number of alkyl halides is 4. The van der Waals surface area contributed by atoms with Crippen molar-refractivity contribution in [2.75, 3.05) is 0 Å². The molecule has 0 spiro atoms. The van der Waals surface area contributed by atoms with Crippen LogP contribution in [0, 0.1) is 5.92 Å². The van der Waals surface area contributed by atoms with E-state index in [0.717, 1.165) is 12.8 Å². The Balaban J connectivity index is 0.00000200. The van der Waals surface area contributed by atoms with Crippen LogP contribution >= 0.6 is 12.4 Å². The third-order valence-corrected chi connectivity index (χ3v) is 3.10. The topological polar surface area (TPSA) is 35.2 Å². The first-order chi connectivity index (χ1) is 8.90. The summed E-state index contributed by atoms with van der Waals surface area (Å²) in [6.45, 7) is 0. The van der Waals surface area contributed by atoms with Crippen molar-refractivity contribution in [3.8, 4) is 5.75 Å². The van der Waals surface area contributed by atoms with Crippen molar-refractivity contribution in [3.05, 3.63) is 29.8 Å². The maximum atomic E-state index is 12.9. The van der Waals surface area contributed by atoms with Gasteiger partial charge in [-0.3, -0.25) is 0 Å². The SMILES string of the molecule is Cl.N[C@H](CC1CC1)c1ccccc1OC(F)(F)C(F)F. The second kappa shape index (κ2) is 6.63. The molecule has 1 fully saturated rings. The molecule has 2 N–H and O–H groups in total. The molecule has 1 saturated carbocycles. The molecule has 1 atom stereocenters. The van der Waals surface area contributed by atoms with Gasteiger partial charge in [0.1, 0.15) is 5.75 Å². The van der Waals surface area contributed by atoms with E-state index >= 15 is 0 Å². The second-order valence-corrected chi connectivity index (χ2v) is 4.79. The molecule has 114 valence electrons. The molecule has 0 aromatic heterocycles. The van der Waals surface area contributed by atoms with Gasteiger partial charge in [-0.1, -0.05) is 31.0 Å². The van der Waals surface area contributed by atoms with Crippen LogP contribution in [-0.2, 0) is 0 Å². The third kappa shape index (κ3) is 4.24. The van der Waals surface area contributed by atoms with Crippen molar-refractivity contribution in [2.24, 2.45) is 11.7 Å². The van der Waals surface area contributed by atoms with Crippen molar-refractivity contribution < 1.29 is 22.3 Å². The van der Waals surface area contributed by atoms with Crippen LogP contribution in [0.1, 0.15) is 30.9 Å². The van der Waals surface area contributed by atoms with Crippen molar-refractivity contribution >= 4 is 12.4 Å². The summed E-state index contributed by atoms with van der Waals surface area (Å²) in [4.78, 5) is 0. The number of para-hydroxylation sites is 1. The van der Waals surface area contributed by atoms with E-state index in [0.29, 0.717) is 17.9 Å². The van der Waals surface area contributed by atoms with E-state index in [1.807, 2.05) is 0 Å². The first kappa shape index (κ1) is 17.0. The Bertz CT molecular complexity index is 440. The molecule has 0 aliphatic heterocycles. The van der Waals surface area contributed by atoms with E-state index in [-0.39, 0.29) is 18.2 Å². The average molecular weight is 314 g/mol. The van der Waals surface area contributed by atoms with Gasteiger partial charge in [0.2, 0.25) is 0 Å². The summed E-state index contributed by atoms with van der Waals surface area (Å²) in [5, 5.41) is 0. The Morgan fingerprint density at radius 3 is 2.40 bits per heavy atom. The first-order valence-corrected chi connectivity index (χ1v) is 6.09. The molecule has 2 rings (SSSR count). The zero-order chi connectivity index (χ0) is 14.0. The highest BCUT2D eigenvalue weighted by Crippen LogP contribution is 2.39. The van der Waals surface area contributed by atoms with Gasteiger partial charge in [-0.05, 0) is 18.4 Å².